The Labute approximate surface area is 151 Å². The Kier molecular flexibility index (Phi) is 4.93. The zero-order chi connectivity index (χ0) is 19.4. The van der Waals surface area contributed by atoms with Gasteiger partial charge in [-0.2, -0.15) is 0 Å². The first-order chi connectivity index (χ1) is 12.8. The molecule has 0 aliphatic carbocycles. The molecule has 0 aliphatic heterocycles. The summed E-state index contributed by atoms with van der Waals surface area (Å²) in [4.78, 5) is 20.4. The number of nitrogens with zero attached hydrogens (tertiary/aromatic N) is 2. The Morgan fingerprint density at radius 2 is 1.70 bits per heavy atom. The number of benzene rings is 2. The molecule has 0 unspecified atom stereocenters. The molecule has 3 rings (SSSR count). The SMILES string of the molecule is O=C(Nc1cnc(-c2cccc(O)c2)nc1)c1ccc(OC(F)(F)F)cc1. The van der Waals surface area contributed by atoms with Crippen molar-refractivity contribution in [2.45, 2.75) is 6.36 Å². The van der Waals surface area contributed by atoms with Crippen LogP contribution in [0.15, 0.2) is 60.9 Å². The Bertz CT molecular complexity index is 943. The first-order valence-electron chi connectivity index (χ1n) is 7.59. The van der Waals surface area contributed by atoms with Crippen molar-refractivity contribution in [3.8, 4) is 22.9 Å². The van der Waals surface area contributed by atoms with Crippen LogP contribution in [0.1, 0.15) is 10.4 Å². The predicted molar refractivity (Wildman–Crippen MR) is 90.2 cm³/mol. The van der Waals surface area contributed by atoms with Crippen LogP contribution >= 0.6 is 0 Å². The van der Waals surface area contributed by atoms with Gasteiger partial charge in [0.1, 0.15) is 11.5 Å². The fourth-order valence-corrected chi connectivity index (χ4v) is 2.20. The number of phenolic OH excluding ortho intramolecular Hbond substituents is 1. The van der Waals surface area contributed by atoms with E-state index in [1.807, 2.05) is 0 Å². The quantitative estimate of drug-likeness (QED) is 0.720. The zero-order valence-corrected chi connectivity index (χ0v) is 13.6. The molecule has 9 heteroatoms. The summed E-state index contributed by atoms with van der Waals surface area (Å²) in [5.41, 5.74) is 1.05. The third-order valence-corrected chi connectivity index (χ3v) is 3.36. The molecule has 0 saturated carbocycles. The third kappa shape index (κ3) is 4.94. The van der Waals surface area contributed by atoms with Crippen molar-refractivity contribution < 1.29 is 27.8 Å². The van der Waals surface area contributed by atoms with Crippen molar-refractivity contribution in [2.24, 2.45) is 0 Å². The Morgan fingerprint density at radius 1 is 1.04 bits per heavy atom. The zero-order valence-electron chi connectivity index (χ0n) is 13.6. The van der Waals surface area contributed by atoms with Crippen LogP contribution in [0.3, 0.4) is 0 Å². The van der Waals surface area contributed by atoms with Crippen molar-refractivity contribution in [3.63, 3.8) is 0 Å². The summed E-state index contributed by atoms with van der Waals surface area (Å²) in [6, 6.07) is 10.9. The van der Waals surface area contributed by atoms with E-state index in [2.05, 4.69) is 20.0 Å². The topological polar surface area (TPSA) is 84.3 Å². The predicted octanol–water partition coefficient (Wildman–Crippen LogP) is 4.00. The summed E-state index contributed by atoms with van der Waals surface area (Å²) < 4.78 is 40.2. The summed E-state index contributed by atoms with van der Waals surface area (Å²) >= 11 is 0. The average molecular weight is 375 g/mol. The lowest BCUT2D eigenvalue weighted by Crippen LogP contribution is -2.17. The van der Waals surface area contributed by atoms with Crippen LogP contribution in [0.5, 0.6) is 11.5 Å². The highest BCUT2D eigenvalue weighted by molar-refractivity contribution is 6.04. The number of rotatable bonds is 4. The summed E-state index contributed by atoms with van der Waals surface area (Å²) in [6.45, 7) is 0. The minimum atomic E-state index is -4.79. The molecule has 0 fully saturated rings. The lowest BCUT2D eigenvalue weighted by Gasteiger charge is -2.09. The van der Waals surface area contributed by atoms with Gasteiger partial charge in [0.05, 0.1) is 18.1 Å². The number of nitrogens with one attached hydrogen (secondary N) is 1. The number of ether oxygens (including phenoxy) is 1. The number of aromatic hydroxyl groups is 1. The molecule has 6 nitrogen and oxygen atoms in total. The highest BCUT2D eigenvalue weighted by Crippen LogP contribution is 2.23. The first kappa shape index (κ1) is 18.2. The number of amides is 1. The maximum Gasteiger partial charge on any atom is 0.573 e. The van der Waals surface area contributed by atoms with E-state index in [9.17, 15) is 23.1 Å². The number of carbonyl (C=O) groups excluding carboxylic acids is 1. The van der Waals surface area contributed by atoms with Gasteiger partial charge in [0.25, 0.3) is 5.91 Å². The van der Waals surface area contributed by atoms with Gasteiger partial charge in [-0.3, -0.25) is 4.79 Å². The molecule has 27 heavy (non-hydrogen) atoms. The normalized spacial score (nSPS) is 11.1. The van der Waals surface area contributed by atoms with Gasteiger partial charge in [0, 0.05) is 11.1 Å². The van der Waals surface area contributed by atoms with Gasteiger partial charge in [-0.15, -0.1) is 13.2 Å². The fraction of sp³-hybridized carbons (Fsp3) is 0.0556. The molecule has 3 aromatic rings. The van der Waals surface area contributed by atoms with E-state index in [0.29, 0.717) is 17.1 Å². The number of anilines is 1. The van der Waals surface area contributed by atoms with Gasteiger partial charge in [-0.05, 0) is 36.4 Å². The lowest BCUT2D eigenvalue weighted by atomic mass is 10.2. The average Bonchev–Trinajstić information content (AvgIpc) is 2.61. The molecule has 2 aromatic carbocycles. The van der Waals surface area contributed by atoms with E-state index in [0.717, 1.165) is 12.1 Å². The molecule has 1 aromatic heterocycles. The monoisotopic (exact) mass is 375 g/mol. The molecule has 0 saturated heterocycles. The molecule has 0 aliphatic rings. The second-order valence-electron chi connectivity index (χ2n) is 5.37. The Morgan fingerprint density at radius 3 is 2.30 bits per heavy atom. The molecular formula is C18H12F3N3O3. The van der Waals surface area contributed by atoms with E-state index in [1.54, 1.807) is 12.1 Å². The molecule has 1 amide bonds. The van der Waals surface area contributed by atoms with Crippen molar-refractivity contribution in [2.75, 3.05) is 5.32 Å². The molecule has 138 valence electrons. The van der Waals surface area contributed by atoms with E-state index in [1.165, 1.54) is 36.7 Å². The minimum Gasteiger partial charge on any atom is -0.508 e. The van der Waals surface area contributed by atoms with Gasteiger partial charge in [-0.1, -0.05) is 12.1 Å². The van der Waals surface area contributed by atoms with Crippen LogP contribution in [-0.4, -0.2) is 27.3 Å². The molecule has 0 bridgehead atoms. The maximum atomic E-state index is 12.1. The van der Waals surface area contributed by atoms with Crippen molar-refractivity contribution in [1.29, 1.82) is 0 Å². The van der Waals surface area contributed by atoms with Gasteiger partial charge < -0.3 is 15.2 Å². The van der Waals surface area contributed by atoms with Crippen molar-refractivity contribution in [3.05, 3.63) is 66.5 Å². The van der Waals surface area contributed by atoms with Crippen LogP contribution in [0.2, 0.25) is 0 Å². The molecule has 1 heterocycles. The number of carbonyl (C=O) groups is 1. The van der Waals surface area contributed by atoms with Crippen molar-refractivity contribution in [1.82, 2.24) is 9.97 Å². The molecule has 2 N–H and O–H groups in total. The van der Waals surface area contributed by atoms with Crippen LogP contribution in [0, 0.1) is 0 Å². The number of halogens is 3. The summed E-state index contributed by atoms with van der Waals surface area (Å²) in [6.07, 6.45) is -2.03. The highest BCUT2D eigenvalue weighted by Gasteiger charge is 2.31. The maximum absolute atomic E-state index is 12.1. The van der Waals surface area contributed by atoms with E-state index in [-0.39, 0.29) is 11.3 Å². The van der Waals surface area contributed by atoms with Gasteiger partial charge in [-0.25, -0.2) is 9.97 Å². The molecule has 0 radical (unpaired) electrons. The minimum absolute atomic E-state index is 0.0754. The molecule has 0 atom stereocenters. The molecular weight excluding hydrogens is 363 g/mol. The van der Waals surface area contributed by atoms with Gasteiger partial charge >= 0.3 is 6.36 Å². The number of phenols is 1. The number of alkyl halides is 3. The number of hydrogen-bond donors (Lipinski definition) is 2. The smallest absolute Gasteiger partial charge is 0.508 e. The second-order valence-corrected chi connectivity index (χ2v) is 5.37. The Hall–Kier alpha value is -3.62. The largest absolute Gasteiger partial charge is 0.573 e. The Balaban J connectivity index is 1.67. The summed E-state index contributed by atoms with van der Waals surface area (Å²) in [5.74, 6) is -0.524. The summed E-state index contributed by atoms with van der Waals surface area (Å²) in [5, 5.41) is 12.0. The van der Waals surface area contributed by atoms with Gasteiger partial charge in [0.15, 0.2) is 5.82 Å². The third-order valence-electron chi connectivity index (χ3n) is 3.36. The number of hydrogen-bond acceptors (Lipinski definition) is 5. The standard InChI is InChI=1S/C18H12F3N3O3/c19-18(20,21)27-15-6-4-11(5-7-15)17(26)24-13-9-22-16(23-10-13)12-2-1-3-14(25)8-12/h1-10,25H,(H,24,26). The van der Waals surface area contributed by atoms with E-state index >= 15 is 0 Å². The molecule has 0 spiro atoms. The van der Waals surface area contributed by atoms with Crippen LogP contribution in [0.4, 0.5) is 18.9 Å². The van der Waals surface area contributed by atoms with Gasteiger partial charge in [0.2, 0.25) is 0 Å². The van der Waals surface area contributed by atoms with Crippen molar-refractivity contribution >= 4 is 11.6 Å². The van der Waals surface area contributed by atoms with Crippen LogP contribution < -0.4 is 10.1 Å². The second kappa shape index (κ2) is 7.32. The van der Waals surface area contributed by atoms with E-state index in [4.69, 9.17) is 0 Å². The number of aromatic nitrogens is 2. The van der Waals surface area contributed by atoms with Crippen LogP contribution in [0.25, 0.3) is 11.4 Å². The fourth-order valence-electron chi connectivity index (χ4n) is 2.20. The van der Waals surface area contributed by atoms with E-state index < -0.39 is 18.0 Å². The highest BCUT2D eigenvalue weighted by atomic mass is 19.4. The lowest BCUT2D eigenvalue weighted by molar-refractivity contribution is -0.274. The first-order valence-corrected chi connectivity index (χ1v) is 7.59. The van der Waals surface area contributed by atoms with Crippen LogP contribution in [-0.2, 0) is 0 Å². The summed E-state index contributed by atoms with van der Waals surface area (Å²) in [7, 11) is 0.